The Labute approximate surface area is 87.3 Å². The van der Waals surface area contributed by atoms with Gasteiger partial charge in [0.2, 0.25) is 0 Å². The van der Waals surface area contributed by atoms with Crippen LogP contribution in [0.1, 0.15) is 12.5 Å². The normalized spacial score (nSPS) is 10.4. The Morgan fingerprint density at radius 1 is 1.50 bits per heavy atom. The third-order valence-electron chi connectivity index (χ3n) is 2.02. The molecule has 0 amide bonds. The van der Waals surface area contributed by atoms with Gasteiger partial charge in [-0.1, -0.05) is 18.5 Å². The van der Waals surface area contributed by atoms with Crippen LogP contribution in [-0.4, -0.2) is 14.8 Å². The van der Waals surface area contributed by atoms with E-state index in [4.69, 9.17) is 11.6 Å². The molecule has 0 bridgehead atoms. The van der Waals surface area contributed by atoms with Crippen molar-refractivity contribution in [1.29, 1.82) is 0 Å². The summed E-state index contributed by atoms with van der Waals surface area (Å²) in [6, 6.07) is 3.66. The van der Waals surface area contributed by atoms with Crippen LogP contribution in [0.3, 0.4) is 0 Å². The van der Waals surface area contributed by atoms with Gasteiger partial charge in [0.15, 0.2) is 0 Å². The summed E-state index contributed by atoms with van der Waals surface area (Å²) >= 11 is 5.78. The van der Waals surface area contributed by atoms with E-state index >= 15 is 0 Å². The quantitative estimate of drug-likeness (QED) is 0.709. The first kappa shape index (κ1) is 9.21. The molecule has 0 radical (unpaired) electrons. The number of halogens is 1. The van der Waals surface area contributed by atoms with Crippen molar-refractivity contribution in [2.45, 2.75) is 13.3 Å². The number of rotatable bonds is 2. The fraction of sp³-hybridized carbons (Fsp3) is 0.200. The predicted octanol–water partition coefficient (Wildman–Crippen LogP) is 2.48. The Morgan fingerprint density at radius 3 is 3.00 bits per heavy atom. The first-order chi connectivity index (χ1) is 6.79. The van der Waals surface area contributed by atoms with Crippen LogP contribution < -0.4 is 0 Å². The maximum atomic E-state index is 5.78. The molecule has 0 N–H and O–H groups in total. The SMILES string of the molecule is CCc1cnn(-c2ccnc(Cl)c2)c1. The molecule has 2 rings (SSSR count). The first-order valence-corrected chi connectivity index (χ1v) is 4.83. The molecule has 2 aromatic rings. The summed E-state index contributed by atoms with van der Waals surface area (Å²) in [5.41, 5.74) is 2.14. The van der Waals surface area contributed by atoms with Gasteiger partial charge in [0.05, 0.1) is 11.9 Å². The summed E-state index contributed by atoms with van der Waals surface area (Å²) < 4.78 is 1.80. The van der Waals surface area contributed by atoms with Gasteiger partial charge in [-0.25, -0.2) is 9.67 Å². The fourth-order valence-electron chi connectivity index (χ4n) is 1.22. The van der Waals surface area contributed by atoms with Crippen molar-refractivity contribution >= 4 is 11.6 Å². The molecule has 0 saturated carbocycles. The number of nitrogens with zero attached hydrogens (tertiary/aromatic N) is 3. The minimum atomic E-state index is 0.482. The Hall–Kier alpha value is -1.35. The fourth-order valence-corrected chi connectivity index (χ4v) is 1.39. The van der Waals surface area contributed by atoms with Crippen LogP contribution in [0.2, 0.25) is 5.15 Å². The minimum absolute atomic E-state index is 0.482. The molecule has 0 aliphatic heterocycles. The number of hydrogen-bond acceptors (Lipinski definition) is 2. The van der Waals surface area contributed by atoms with Crippen molar-refractivity contribution in [3.05, 3.63) is 41.4 Å². The van der Waals surface area contributed by atoms with E-state index in [2.05, 4.69) is 17.0 Å². The van der Waals surface area contributed by atoms with Crippen LogP contribution >= 0.6 is 11.6 Å². The molecule has 0 atom stereocenters. The Kier molecular flexibility index (Phi) is 2.50. The second-order valence-corrected chi connectivity index (χ2v) is 3.37. The van der Waals surface area contributed by atoms with E-state index in [0.717, 1.165) is 12.1 Å². The molecule has 0 unspecified atom stereocenters. The Bertz CT molecular complexity index is 436. The lowest BCUT2D eigenvalue weighted by Crippen LogP contribution is -1.94. The van der Waals surface area contributed by atoms with E-state index in [0.29, 0.717) is 5.15 Å². The highest BCUT2D eigenvalue weighted by Crippen LogP contribution is 2.12. The summed E-state index contributed by atoms with van der Waals surface area (Å²) in [7, 11) is 0. The van der Waals surface area contributed by atoms with Gasteiger partial charge >= 0.3 is 0 Å². The summed E-state index contributed by atoms with van der Waals surface area (Å²) in [4.78, 5) is 3.92. The molecule has 0 fully saturated rings. The molecule has 2 heterocycles. The zero-order valence-corrected chi connectivity index (χ0v) is 8.57. The van der Waals surface area contributed by atoms with Crippen LogP contribution in [0.5, 0.6) is 0 Å². The number of pyridine rings is 1. The second kappa shape index (κ2) is 3.80. The minimum Gasteiger partial charge on any atom is -0.244 e. The molecule has 14 heavy (non-hydrogen) atoms. The summed E-state index contributed by atoms with van der Waals surface area (Å²) in [5.74, 6) is 0. The molecule has 2 aromatic heterocycles. The number of aromatic nitrogens is 3. The number of hydrogen-bond donors (Lipinski definition) is 0. The van der Waals surface area contributed by atoms with Gasteiger partial charge in [0.25, 0.3) is 0 Å². The summed E-state index contributed by atoms with van der Waals surface area (Å²) in [6.07, 6.45) is 6.50. The molecule has 0 saturated heterocycles. The third-order valence-corrected chi connectivity index (χ3v) is 2.23. The van der Waals surface area contributed by atoms with E-state index in [1.54, 1.807) is 16.9 Å². The molecule has 3 nitrogen and oxygen atoms in total. The molecule has 4 heteroatoms. The van der Waals surface area contributed by atoms with Crippen molar-refractivity contribution in [3.8, 4) is 5.69 Å². The van der Waals surface area contributed by atoms with Crippen LogP contribution in [0.4, 0.5) is 0 Å². The largest absolute Gasteiger partial charge is 0.244 e. The number of aryl methyl sites for hydroxylation is 1. The zero-order valence-electron chi connectivity index (χ0n) is 7.81. The van der Waals surface area contributed by atoms with E-state index in [1.807, 2.05) is 18.5 Å². The molecule has 0 aromatic carbocycles. The van der Waals surface area contributed by atoms with Crippen molar-refractivity contribution in [1.82, 2.24) is 14.8 Å². The molecular weight excluding hydrogens is 198 g/mol. The average Bonchev–Trinajstić information content (AvgIpc) is 2.66. The van der Waals surface area contributed by atoms with E-state index in [-0.39, 0.29) is 0 Å². The highest BCUT2D eigenvalue weighted by molar-refractivity contribution is 6.29. The van der Waals surface area contributed by atoms with Crippen molar-refractivity contribution < 1.29 is 0 Å². The molecule has 0 spiro atoms. The van der Waals surface area contributed by atoms with E-state index in [9.17, 15) is 0 Å². The predicted molar refractivity (Wildman–Crippen MR) is 55.7 cm³/mol. The standard InChI is InChI=1S/C10H10ClN3/c1-2-8-6-13-14(7-8)9-3-4-12-10(11)5-9/h3-7H,2H2,1H3. The Morgan fingerprint density at radius 2 is 2.36 bits per heavy atom. The smallest absolute Gasteiger partial charge is 0.131 e. The molecule has 0 aliphatic rings. The van der Waals surface area contributed by atoms with Crippen molar-refractivity contribution in [3.63, 3.8) is 0 Å². The first-order valence-electron chi connectivity index (χ1n) is 4.45. The van der Waals surface area contributed by atoms with Crippen LogP contribution in [0, 0.1) is 0 Å². The monoisotopic (exact) mass is 207 g/mol. The van der Waals surface area contributed by atoms with Crippen LogP contribution in [0.25, 0.3) is 5.69 Å². The van der Waals surface area contributed by atoms with Crippen molar-refractivity contribution in [2.24, 2.45) is 0 Å². The van der Waals surface area contributed by atoms with Gasteiger partial charge in [-0.3, -0.25) is 0 Å². The maximum absolute atomic E-state index is 5.78. The molecule has 0 aliphatic carbocycles. The summed E-state index contributed by atoms with van der Waals surface area (Å²) in [5, 5.41) is 4.71. The average molecular weight is 208 g/mol. The highest BCUT2D eigenvalue weighted by atomic mass is 35.5. The Balaban J connectivity index is 2.39. The van der Waals surface area contributed by atoms with Gasteiger partial charge in [0.1, 0.15) is 5.15 Å². The van der Waals surface area contributed by atoms with E-state index in [1.165, 1.54) is 5.56 Å². The second-order valence-electron chi connectivity index (χ2n) is 2.98. The topological polar surface area (TPSA) is 30.7 Å². The lowest BCUT2D eigenvalue weighted by Gasteiger charge is -1.99. The maximum Gasteiger partial charge on any atom is 0.131 e. The van der Waals surface area contributed by atoms with Crippen molar-refractivity contribution in [2.75, 3.05) is 0 Å². The van der Waals surface area contributed by atoms with Gasteiger partial charge in [-0.15, -0.1) is 0 Å². The van der Waals surface area contributed by atoms with Gasteiger partial charge < -0.3 is 0 Å². The molecular formula is C10H10ClN3. The lowest BCUT2D eigenvalue weighted by molar-refractivity contribution is 0.877. The van der Waals surface area contributed by atoms with E-state index < -0.39 is 0 Å². The lowest BCUT2D eigenvalue weighted by atomic mass is 10.3. The van der Waals surface area contributed by atoms with Crippen LogP contribution in [-0.2, 0) is 6.42 Å². The van der Waals surface area contributed by atoms with Gasteiger partial charge in [0, 0.05) is 18.5 Å². The molecule has 72 valence electrons. The van der Waals surface area contributed by atoms with Crippen LogP contribution in [0.15, 0.2) is 30.7 Å². The summed E-state index contributed by atoms with van der Waals surface area (Å²) in [6.45, 7) is 2.10. The van der Waals surface area contributed by atoms with Gasteiger partial charge in [-0.05, 0) is 18.1 Å². The third kappa shape index (κ3) is 1.77. The van der Waals surface area contributed by atoms with Gasteiger partial charge in [-0.2, -0.15) is 5.10 Å². The highest BCUT2D eigenvalue weighted by Gasteiger charge is 1.99. The zero-order chi connectivity index (χ0) is 9.97.